The molecule has 1 N–H and O–H groups in total. The van der Waals surface area contributed by atoms with Crippen molar-refractivity contribution in [2.75, 3.05) is 0 Å². The lowest BCUT2D eigenvalue weighted by Gasteiger charge is -1.91. The first kappa shape index (κ1) is 3.66. The van der Waals surface area contributed by atoms with Crippen LogP contribution in [0.3, 0.4) is 0 Å². The lowest BCUT2D eigenvalue weighted by Crippen LogP contribution is -2.05. The number of imidazole rings is 1. The molecular weight excluding hydrogens is 120 g/mol. The van der Waals surface area contributed by atoms with Crippen LogP contribution in [-0.2, 0) is 11.3 Å². The normalized spacial score (nSPS) is 14.2. The van der Waals surface area contributed by atoms with Crippen molar-refractivity contribution in [2.45, 2.75) is 6.50 Å². The minimum atomic E-state index is -2.41. The monoisotopic (exact) mass is 128 g/mol. The molecule has 0 radical (unpaired) electrons. The van der Waals surface area contributed by atoms with Crippen molar-refractivity contribution in [1.29, 1.82) is 0 Å². The summed E-state index contributed by atoms with van der Waals surface area (Å²) in [7, 11) is 0. The van der Waals surface area contributed by atoms with Crippen molar-refractivity contribution in [2.24, 2.45) is 0 Å². The summed E-state index contributed by atoms with van der Waals surface area (Å²) in [4.78, 5) is 13.8. The lowest BCUT2D eigenvalue weighted by atomic mass is 10.6. The SMILES string of the molecule is [2H]C([2H])(C(=O)O)n1ccnc1. The topological polar surface area (TPSA) is 55.1 Å². The lowest BCUT2D eigenvalue weighted by molar-refractivity contribution is -0.137. The maximum atomic E-state index is 10.3. The van der Waals surface area contributed by atoms with Gasteiger partial charge in [-0.05, 0) is 0 Å². The summed E-state index contributed by atoms with van der Waals surface area (Å²) in [6.07, 6.45) is 3.70. The molecule has 0 atom stereocenters. The molecule has 0 amide bonds. The van der Waals surface area contributed by atoms with E-state index in [1.54, 1.807) is 0 Å². The smallest absolute Gasteiger partial charge is 0.323 e. The first-order valence-corrected chi connectivity index (χ1v) is 2.27. The highest BCUT2D eigenvalue weighted by Gasteiger charge is 1.94. The van der Waals surface area contributed by atoms with Gasteiger partial charge >= 0.3 is 5.97 Å². The molecule has 0 saturated carbocycles. The van der Waals surface area contributed by atoms with Crippen LogP contribution >= 0.6 is 0 Å². The standard InChI is InChI=1S/C5H6N2O2/c8-5(9)3-7-2-1-6-4-7/h1-2,4H,3H2,(H,8,9)/i3D2. The number of carbonyl (C=O) groups is 1. The highest BCUT2D eigenvalue weighted by Crippen LogP contribution is 1.83. The van der Waals surface area contributed by atoms with Crippen LogP contribution in [0.4, 0.5) is 0 Å². The van der Waals surface area contributed by atoms with E-state index in [4.69, 9.17) is 7.85 Å². The van der Waals surface area contributed by atoms with Crippen LogP contribution in [0.2, 0.25) is 0 Å². The molecule has 0 unspecified atom stereocenters. The van der Waals surface area contributed by atoms with Crippen LogP contribution in [0.5, 0.6) is 0 Å². The maximum Gasteiger partial charge on any atom is 0.323 e. The van der Waals surface area contributed by atoms with Crippen LogP contribution in [0.1, 0.15) is 2.74 Å². The summed E-state index contributed by atoms with van der Waals surface area (Å²) in [5.41, 5.74) is 0. The van der Waals surface area contributed by atoms with Crippen molar-refractivity contribution in [3.8, 4) is 0 Å². The average molecular weight is 128 g/mol. The Hall–Kier alpha value is -1.32. The molecule has 0 aliphatic heterocycles. The van der Waals surface area contributed by atoms with E-state index < -0.39 is 12.5 Å². The van der Waals surface area contributed by atoms with Gasteiger partial charge in [0.05, 0.1) is 9.07 Å². The van der Waals surface area contributed by atoms with Crippen molar-refractivity contribution in [3.63, 3.8) is 0 Å². The molecule has 1 rings (SSSR count). The number of rotatable bonds is 2. The quantitative estimate of drug-likeness (QED) is 0.608. The summed E-state index contributed by atoms with van der Waals surface area (Å²) in [6, 6.07) is 0. The van der Waals surface area contributed by atoms with Crippen molar-refractivity contribution in [3.05, 3.63) is 18.7 Å². The molecule has 0 spiro atoms. The van der Waals surface area contributed by atoms with E-state index >= 15 is 0 Å². The average Bonchev–Trinajstić information content (AvgIpc) is 2.37. The fraction of sp³-hybridized carbons (Fsp3) is 0.200. The summed E-state index contributed by atoms with van der Waals surface area (Å²) in [5.74, 6) is -1.53. The van der Waals surface area contributed by atoms with Crippen molar-refractivity contribution >= 4 is 5.97 Å². The third-order valence-electron chi connectivity index (χ3n) is 0.729. The zero-order chi connectivity index (χ0) is 8.48. The van der Waals surface area contributed by atoms with Crippen molar-refractivity contribution < 1.29 is 12.6 Å². The van der Waals surface area contributed by atoms with Gasteiger partial charge in [-0.15, -0.1) is 0 Å². The first-order valence-electron chi connectivity index (χ1n) is 3.27. The molecule has 0 aromatic carbocycles. The Bertz CT molecular complexity index is 257. The summed E-state index contributed by atoms with van der Waals surface area (Å²) < 4.78 is 14.9. The Balaban J connectivity index is 3.00. The molecular formula is C5H6N2O2. The van der Waals surface area contributed by atoms with Crippen LogP contribution in [0, 0.1) is 0 Å². The largest absolute Gasteiger partial charge is 0.480 e. The molecule has 0 fully saturated rings. The van der Waals surface area contributed by atoms with Gasteiger partial charge in [0, 0.05) is 12.4 Å². The molecule has 0 aliphatic carbocycles. The van der Waals surface area contributed by atoms with Gasteiger partial charge in [-0.3, -0.25) is 4.79 Å². The highest BCUT2D eigenvalue weighted by molar-refractivity contribution is 5.66. The van der Waals surface area contributed by atoms with Crippen LogP contribution in [0.15, 0.2) is 18.7 Å². The van der Waals surface area contributed by atoms with Crippen molar-refractivity contribution in [1.82, 2.24) is 9.55 Å². The zero-order valence-electron chi connectivity index (χ0n) is 6.48. The number of aromatic nitrogens is 2. The van der Waals surface area contributed by atoms with Gasteiger partial charge in [-0.25, -0.2) is 4.98 Å². The van der Waals surface area contributed by atoms with Gasteiger partial charge in [-0.1, -0.05) is 0 Å². The van der Waals surface area contributed by atoms with Crippen LogP contribution in [-0.4, -0.2) is 20.6 Å². The van der Waals surface area contributed by atoms with Gasteiger partial charge in [0.1, 0.15) is 6.50 Å². The van der Waals surface area contributed by atoms with Crippen LogP contribution < -0.4 is 0 Å². The Labute approximate surface area is 54.6 Å². The zero-order valence-corrected chi connectivity index (χ0v) is 4.48. The fourth-order valence-corrected chi connectivity index (χ4v) is 0.436. The highest BCUT2D eigenvalue weighted by atomic mass is 16.4. The number of carboxylic acid groups (broad SMARTS) is 1. The molecule has 0 bridgehead atoms. The van der Waals surface area contributed by atoms with E-state index in [-0.39, 0.29) is 0 Å². The molecule has 0 aliphatic rings. The molecule has 0 saturated heterocycles. The molecule has 1 aromatic rings. The molecule has 4 nitrogen and oxygen atoms in total. The third-order valence-corrected chi connectivity index (χ3v) is 0.729. The predicted molar refractivity (Wildman–Crippen MR) is 29.9 cm³/mol. The summed E-state index contributed by atoms with van der Waals surface area (Å²) >= 11 is 0. The van der Waals surface area contributed by atoms with E-state index in [1.165, 1.54) is 12.4 Å². The van der Waals surface area contributed by atoms with Gasteiger partial charge in [0.25, 0.3) is 0 Å². The van der Waals surface area contributed by atoms with Gasteiger partial charge < -0.3 is 9.67 Å². The summed E-state index contributed by atoms with van der Waals surface area (Å²) in [5, 5.41) is 8.39. The van der Waals surface area contributed by atoms with Gasteiger partial charge in [0.2, 0.25) is 0 Å². The molecule has 48 valence electrons. The number of nitrogens with zero attached hydrogens (tertiary/aromatic N) is 2. The minimum Gasteiger partial charge on any atom is -0.480 e. The second-order valence-electron chi connectivity index (χ2n) is 1.39. The molecule has 1 aromatic heterocycles. The molecule has 9 heavy (non-hydrogen) atoms. The number of aliphatic carboxylic acids is 1. The second-order valence-corrected chi connectivity index (χ2v) is 1.39. The van der Waals surface area contributed by atoms with E-state index in [1.807, 2.05) is 0 Å². The predicted octanol–water partition coefficient (Wildman–Crippen LogP) is -0.0323. The van der Waals surface area contributed by atoms with Gasteiger partial charge in [0.15, 0.2) is 0 Å². The van der Waals surface area contributed by atoms with Crippen LogP contribution in [0.25, 0.3) is 0 Å². The molecule has 4 heteroatoms. The second kappa shape index (κ2) is 2.30. The van der Waals surface area contributed by atoms with E-state index in [9.17, 15) is 4.79 Å². The number of hydrogen-bond acceptors (Lipinski definition) is 2. The van der Waals surface area contributed by atoms with E-state index in [0.29, 0.717) is 0 Å². The van der Waals surface area contributed by atoms with E-state index in [2.05, 4.69) is 4.98 Å². The first-order chi connectivity index (χ1) is 5.05. The molecule has 1 heterocycles. The Morgan fingerprint density at radius 1 is 2.00 bits per heavy atom. The van der Waals surface area contributed by atoms with E-state index in [0.717, 1.165) is 10.9 Å². The number of hydrogen-bond donors (Lipinski definition) is 1. The minimum absolute atomic E-state index is 0.884. The van der Waals surface area contributed by atoms with Gasteiger partial charge in [-0.2, -0.15) is 0 Å². The Morgan fingerprint density at radius 3 is 3.22 bits per heavy atom. The fourth-order valence-electron chi connectivity index (χ4n) is 0.436. The maximum absolute atomic E-state index is 10.3. The summed E-state index contributed by atoms with van der Waals surface area (Å²) in [6.45, 7) is -2.41. The number of carboxylic acids is 1. The Morgan fingerprint density at radius 2 is 2.78 bits per heavy atom. The Kier molecular flexibility index (Phi) is 0.935. The third kappa shape index (κ3) is 1.56.